The van der Waals surface area contributed by atoms with Crippen molar-refractivity contribution in [2.24, 2.45) is 0 Å². The first-order valence-electron chi connectivity index (χ1n) is 10.4. The van der Waals surface area contributed by atoms with Crippen molar-refractivity contribution in [3.8, 4) is 0 Å². The van der Waals surface area contributed by atoms with E-state index in [-0.39, 0.29) is 0 Å². The first-order valence-corrected chi connectivity index (χ1v) is 20.8. The topological polar surface area (TPSA) is 6.48 Å². The maximum absolute atomic E-state index is 2.78. The van der Waals surface area contributed by atoms with E-state index < -0.39 is 24.7 Å². The normalized spacial score (nSPS) is 12.8. The van der Waals surface area contributed by atoms with E-state index >= 15 is 0 Å². The van der Waals surface area contributed by atoms with Crippen molar-refractivity contribution in [1.82, 2.24) is 0 Å². The van der Waals surface area contributed by atoms with Crippen molar-refractivity contribution >= 4 is 36.1 Å². The molecule has 154 valence electrons. The van der Waals surface area contributed by atoms with E-state index in [4.69, 9.17) is 0 Å². The minimum Gasteiger partial charge on any atom is -0.425 e. The standard InChI is InChI=1S/C23H40N2Si3/c1-24(26(2,3)4)22-15-11-20(12-16-22)19-21-13-17-23(18-14-21)25(27(5,6)7)28(8,9)10/h11-18H,19H2,1-10H3. The van der Waals surface area contributed by atoms with Gasteiger partial charge in [-0.25, -0.2) is 0 Å². The predicted molar refractivity (Wildman–Crippen MR) is 137 cm³/mol. The summed E-state index contributed by atoms with van der Waals surface area (Å²) in [5.74, 6) is 0. The zero-order valence-electron chi connectivity index (χ0n) is 19.7. The van der Waals surface area contributed by atoms with Crippen molar-refractivity contribution in [2.45, 2.75) is 65.3 Å². The van der Waals surface area contributed by atoms with Crippen LogP contribution in [0, 0.1) is 0 Å². The highest BCUT2D eigenvalue weighted by molar-refractivity contribution is 6.99. The molecule has 0 N–H and O–H groups in total. The lowest BCUT2D eigenvalue weighted by molar-refractivity contribution is 1.18. The summed E-state index contributed by atoms with van der Waals surface area (Å²) in [6, 6.07) is 18.5. The molecular weight excluding hydrogens is 389 g/mol. The second-order valence-corrected chi connectivity index (χ2v) is 26.0. The van der Waals surface area contributed by atoms with Crippen LogP contribution in [0.15, 0.2) is 48.5 Å². The third-order valence-electron chi connectivity index (χ3n) is 5.27. The Kier molecular flexibility index (Phi) is 6.73. The third-order valence-corrected chi connectivity index (χ3v) is 14.8. The monoisotopic (exact) mass is 428 g/mol. The molecule has 0 amide bonds. The molecule has 2 aromatic carbocycles. The summed E-state index contributed by atoms with van der Waals surface area (Å²) >= 11 is 0. The van der Waals surface area contributed by atoms with Gasteiger partial charge in [0, 0.05) is 11.4 Å². The molecule has 2 aromatic rings. The summed E-state index contributed by atoms with van der Waals surface area (Å²) in [6.45, 7) is 21.9. The molecule has 0 aliphatic rings. The van der Waals surface area contributed by atoms with E-state index in [0.29, 0.717) is 0 Å². The van der Waals surface area contributed by atoms with Crippen LogP contribution in [-0.4, -0.2) is 31.8 Å². The number of hydrogen-bond donors (Lipinski definition) is 0. The van der Waals surface area contributed by atoms with Crippen molar-refractivity contribution < 1.29 is 0 Å². The number of rotatable bonds is 7. The molecule has 0 heterocycles. The minimum absolute atomic E-state index is 0.997. The van der Waals surface area contributed by atoms with Gasteiger partial charge in [-0.15, -0.1) is 0 Å². The Morgan fingerprint density at radius 1 is 0.536 bits per heavy atom. The van der Waals surface area contributed by atoms with Crippen LogP contribution in [0.5, 0.6) is 0 Å². The SMILES string of the molecule is CN(c1ccc(Cc2ccc(N([Si](C)(C)C)[Si](C)(C)C)cc2)cc1)[Si](C)(C)C. The second-order valence-electron chi connectivity index (χ2n) is 10.9. The smallest absolute Gasteiger partial charge is 0.147 e. The Morgan fingerprint density at radius 3 is 1.21 bits per heavy atom. The van der Waals surface area contributed by atoms with Gasteiger partial charge in [0.15, 0.2) is 0 Å². The Balaban J connectivity index is 2.16. The molecular formula is C23H40N2Si3. The molecule has 0 saturated heterocycles. The van der Waals surface area contributed by atoms with E-state index in [0.717, 1.165) is 6.42 Å². The van der Waals surface area contributed by atoms with Crippen LogP contribution in [0.2, 0.25) is 58.9 Å². The summed E-state index contributed by atoms with van der Waals surface area (Å²) in [5.41, 5.74) is 5.52. The van der Waals surface area contributed by atoms with Gasteiger partial charge < -0.3 is 8.80 Å². The Morgan fingerprint density at radius 2 is 0.893 bits per heavy atom. The van der Waals surface area contributed by atoms with Crippen LogP contribution in [0.4, 0.5) is 11.4 Å². The first kappa shape index (κ1) is 23.0. The van der Waals surface area contributed by atoms with Crippen molar-refractivity contribution in [2.75, 3.05) is 15.8 Å². The fourth-order valence-corrected chi connectivity index (χ4v) is 14.8. The summed E-state index contributed by atoms with van der Waals surface area (Å²) < 4.78 is 5.25. The second kappa shape index (κ2) is 8.20. The summed E-state index contributed by atoms with van der Waals surface area (Å²) in [7, 11) is -1.87. The molecule has 2 nitrogen and oxygen atoms in total. The molecule has 0 saturated carbocycles. The maximum Gasteiger partial charge on any atom is 0.147 e. The minimum atomic E-state index is -1.39. The number of hydrogen-bond acceptors (Lipinski definition) is 2. The Labute approximate surface area is 176 Å². The van der Waals surface area contributed by atoms with Crippen LogP contribution < -0.4 is 8.80 Å². The third kappa shape index (κ3) is 5.85. The first-order chi connectivity index (χ1) is 12.7. The molecule has 0 atom stereocenters. The predicted octanol–water partition coefficient (Wildman–Crippen LogP) is 7.02. The lowest BCUT2D eigenvalue weighted by Gasteiger charge is -2.46. The fraction of sp³-hybridized carbons (Fsp3) is 0.478. The molecule has 28 heavy (non-hydrogen) atoms. The van der Waals surface area contributed by atoms with Gasteiger partial charge in [-0.2, -0.15) is 0 Å². The average Bonchev–Trinajstić information content (AvgIpc) is 2.53. The number of benzene rings is 2. The van der Waals surface area contributed by atoms with E-state index in [1.165, 1.54) is 22.5 Å². The van der Waals surface area contributed by atoms with Crippen molar-refractivity contribution in [3.05, 3.63) is 59.7 Å². The fourth-order valence-electron chi connectivity index (χ4n) is 4.00. The Bertz CT molecular complexity index is 750. The van der Waals surface area contributed by atoms with Gasteiger partial charge in [0.05, 0.1) is 0 Å². The van der Waals surface area contributed by atoms with Gasteiger partial charge in [0.1, 0.15) is 24.7 Å². The van der Waals surface area contributed by atoms with E-state index in [1.807, 2.05) is 0 Å². The number of anilines is 2. The zero-order valence-corrected chi connectivity index (χ0v) is 22.7. The lowest BCUT2D eigenvalue weighted by Crippen LogP contribution is -2.59. The van der Waals surface area contributed by atoms with Gasteiger partial charge >= 0.3 is 0 Å². The highest BCUT2D eigenvalue weighted by atomic mass is 28.4. The van der Waals surface area contributed by atoms with Crippen LogP contribution in [0.25, 0.3) is 0 Å². The lowest BCUT2D eigenvalue weighted by atomic mass is 10.0. The molecule has 0 spiro atoms. The average molecular weight is 429 g/mol. The van der Waals surface area contributed by atoms with Gasteiger partial charge in [0.25, 0.3) is 0 Å². The van der Waals surface area contributed by atoms with Gasteiger partial charge in [-0.3, -0.25) is 0 Å². The molecule has 0 unspecified atom stereocenters. The largest absolute Gasteiger partial charge is 0.425 e. The molecule has 0 aromatic heterocycles. The maximum atomic E-state index is 2.78. The summed E-state index contributed by atoms with van der Waals surface area (Å²) in [6.07, 6.45) is 0.997. The molecule has 0 radical (unpaired) electrons. The van der Waals surface area contributed by atoms with Crippen LogP contribution in [0.3, 0.4) is 0 Å². The summed E-state index contributed by atoms with van der Waals surface area (Å²) in [4.78, 5) is 0. The summed E-state index contributed by atoms with van der Waals surface area (Å²) in [5, 5.41) is 0. The van der Waals surface area contributed by atoms with Crippen LogP contribution in [0.1, 0.15) is 11.1 Å². The van der Waals surface area contributed by atoms with Gasteiger partial charge in [-0.1, -0.05) is 83.2 Å². The van der Waals surface area contributed by atoms with Crippen LogP contribution in [-0.2, 0) is 6.42 Å². The highest BCUT2D eigenvalue weighted by Crippen LogP contribution is 2.29. The molecule has 0 bridgehead atoms. The van der Waals surface area contributed by atoms with Crippen molar-refractivity contribution in [3.63, 3.8) is 0 Å². The van der Waals surface area contributed by atoms with E-state index in [1.54, 1.807) is 0 Å². The van der Waals surface area contributed by atoms with Gasteiger partial charge in [-0.05, 0) is 48.9 Å². The quantitative estimate of drug-likeness (QED) is 0.437. The molecule has 0 aliphatic heterocycles. The Hall–Kier alpha value is -1.31. The van der Waals surface area contributed by atoms with E-state index in [9.17, 15) is 0 Å². The highest BCUT2D eigenvalue weighted by Gasteiger charge is 2.34. The van der Waals surface area contributed by atoms with Crippen molar-refractivity contribution in [1.29, 1.82) is 0 Å². The molecule has 5 heteroatoms. The van der Waals surface area contributed by atoms with Gasteiger partial charge in [0.2, 0.25) is 0 Å². The molecule has 0 aliphatic carbocycles. The number of nitrogens with zero attached hydrogens (tertiary/aromatic N) is 2. The molecule has 0 fully saturated rings. The van der Waals surface area contributed by atoms with Crippen LogP contribution >= 0.6 is 0 Å². The molecule has 2 rings (SSSR count). The zero-order chi connectivity index (χ0) is 21.3. The van der Waals surface area contributed by atoms with E-state index in [2.05, 4.69) is 123 Å².